The van der Waals surface area contributed by atoms with Gasteiger partial charge in [0, 0.05) is 22.2 Å². The maximum Gasteiger partial charge on any atom is 0.331 e. The van der Waals surface area contributed by atoms with E-state index in [2.05, 4.69) is 21.0 Å². The first-order chi connectivity index (χ1) is 13.9. The Kier molecular flexibility index (Phi) is 6.84. The molecule has 0 saturated carbocycles. The Balaban J connectivity index is 1.89. The fraction of sp³-hybridized carbons (Fsp3) is 0.190. The van der Waals surface area contributed by atoms with Crippen LogP contribution < -0.4 is 5.01 Å². The molecule has 1 N–H and O–H groups in total. The molecule has 2 aromatic carbocycles. The van der Waals surface area contributed by atoms with Crippen LogP contribution >= 0.6 is 27.5 Å². The predicted molar refractivity (Wildman–Crippen MR) is 116 cm³/mol. The Morgan fingerprint density at radius 3 is 2.48 bits per heavy atom. The number of amides is 1. The summed E-state index contributed by atoms with van der Waals surface area (Å²) in [6.45, 7) is 0.131. The molecule has 1 aliphatic heterocycles. The fourth-order valence-electron chi connectivity index (χ4n) is 2.98. The van der Waals surface area contributed by atoms with Crippen LogP contribution in [0.3, 0.4) is 0 Å². The molecule has 2 aromatic rings. The van der Waals surface area contributed by atoms with Gasteiger partial charge in [-0.05, 0) is 54.5 Å². The number of carboxylic acid groups (broad SMARTS) is 1. The van der Waals surface area contributed by atoms with Gasteiger partial charge in [0.15, 0.2) is 0 Å². The molecular weight excluding hydrogens is 460 g/mol. The van der Waals surface area contributed by atoms with Crippen molar-refractivity contribution in [1.29, 1.82) is 0 Å². The van der Waals surface area contributed by atoms with Crippen LogP contribution in [0.2, 0.25) is 5.02 Å². The van der Waals surface area contributed by atoms with Crippen molar-refractivity contribution in [2.75, 3.05) is 18.7 Å². The number of hydrogen-bond donors (Lipinski definition) is 1. The average Bonchev–Trinajstić information content (AvgIpc) is 2.99. The zero-order valence-electron chi connectivity index (χ0n) is 15.5. The first kappa shape index (κ1) is 21.2. The van der Waals surface area contributed by atoms with Gasteiger partial charge in [-0.1, -0.05) is 39.7 Å². The summed E-state index contributed by atoms with van der Waals surface area (Å²) in [5.74, 6) is -2.10. The quantitative estimate of drug-likeness (QED) is 0.590. The number of carboxylic acids is 1. The lowest BCUT2D eigenvalue weighted by Gasteiger charge is -2.15. The van der Waals surface area contributed by atoms with Crippen LogP contribution in [-0.4, -0.2) is 36.4 Å². The molecule has 150 valence electrons. The van der Waals surface area contributed by atoms with Crippen molar-refractivity contribution in [2.45, 2.75) is 6.42 Å². The van der Waals surface area contributed by atoms with Crippen LogP contribution in [0, 0.1) is 5.92 Å². The van der Waals surface area contributed by atoms with Gasteiger partial charge < -0.3 is 9.84 Å². The molecular formula is C21H18BrClN2O4. The smallest absolute Gasteiger partial charge is 0.331 e. The summed E-state index contributed by atoms with van der Waals surface area (Å²) in [4.78, 5) is 24.9. The second-order valence-corrected chi connectivity index (χ2v) is 7.79. The van der Waals surface area contributed by atoms with Crippen molar-refractivity contribution in [3.8, 4) is 0 Å². The molecule has 6 nitrogen and oxygen atoms in total. The van der Waals surface area contributed by atoms with Crippen LogP contribution in [-0.2, 0) is 14.3 Å². The van der Waals surface area contributed by atoms with Gasteiger partial charge >= 0.3 is 5.97 Å². The van der Waals surface area contributed by atoms with Gasteiger partial charge in [0.1, 0.15) is 0 Å². The maximum absolute atomic E-state index is 13.0. The first-order valence-electron chi connectivity index (χ1n) is 8.74. The van der Waals surface area contributed by atoms with E-state index in [1.165, 1.54) is 12.1 Å². The van der Waals surface area contributed by atoms with E-state index in [1.54, 1.807) is 42.5 Å². The summed E-state index contributed by atoms with van der Waals surface area (Å²) in [7, 11) is 1.50. The molecule has 1 atom stereocenters. The van der Waals surface area contributed by atoms with Crippen LogP contribution in [0.4, 0.5) is 5.69 Å². The van der Waals surface area contributed by atoms with E-state index in [0.717, 1.165) is 10.0 Å². The standard InChI is InChI=1S/C21H18BrClN2O4/c1-29-12-19-18(20(26)25(24-19)17-8-6-16(23)7-9-17)11-14(21(27)28)10-13-2-4-15(22)5-3-13/h2-10,18H,11-12H2,1H3,(H,27,28)/b14-10-. The average molecular weight is 478 g/mol. The van der Waals surface area contributed by atoms with E-state index in [0.29, 0.717) is 16.4 Å². The lowest BCUT2D eigenvalue weighted by Crippen LogP contribution is -2.29. The van der Waals surface area contributed by atoms with E-state index in [1.807, 2.05) is 12.1 Å². The third-order valence-electron chi connectivity index (χ3n) is 4.41. The minimum absolute atomic E-state index is 0.0104. The topological polar surface area (TPSA) is 79.2 Å². The minimum Gasteiger partial charge on any atom is -0.478 e. The number of halogens is 2. The Hall–Kier alpha value is -2.48. The summed E-state index contributed by atoms with van der Waals surface area (Å²) in [5.41, 5.74) is 1.89. The summed E-state index contributed by atoms with van der Waals surface area (Å²) in [6.07, 6.45) is 1.58. The number of ether oxygens (including phenoxy) is 1. The molecule has 3 rings (SSSR count). The van der Waals surface area contributed by atoms with Crippen molar-refractivity contribution < 1.29 is 19.4 Å². The van der Waals surface area contributed by atoms with Gasteiger partial charge in [0.05, 0.1) is 23.9 Å². The van der Waals surface area contributed by atoms with Gasteiger partial charge in [-0.15, -0.1) is 0 Å². The van der Waals surface area contributed by atoms with E-state index in [9.17, 15) is 14.7 Å². The molecule has 0 spiro atoms. The SMILES string of the molecule is COCC1=NN(c2ccc(Cl)cc2)C(=O)C1C/C(=C/c1ccc(Br)cc1)C(=O)O. The Labute approximate surface area is 181 Å². The van der Waals surface area contributed by atoms with Gasteiger partial charge in [0.2, 0.25) is 0 Å². The van der Waals surface area contributed by atoms with Crippen LogP contribution in [0.1, 0.15) is 12.0 Å². The van der Waals surface area contributed by atoms with E-state index < -0.39 is 11.9 Å². The molecule has 1 amide bonds. The summed E-state index contributed by atoms with van der Waals surface area (Å²) >= 11 is 9.27. The number of aliphatic carboxylic acids is 1. The van der Waals surface area contributed by atoms with E-state index in [4.69, 9.17) is 16.3 Å². The number of nitrogens with zero attached hydrogens (tertiary/aromatic N) is 2. The molecule has 29 heavy (non-hydrogen) atoms. The molecule has 0 aromatic heterocycles. The van der Waals surface area contributed by atoms with Gasteiger partial charge in [0.25, 0.3) is 5.91 Å². The largest absolute Gasteiger partial charge is 0.478 e. The second-order valence-electron chi connectivity index (χ2n) is 6.43. The zero-order chi connectivity index (χ0) is 21.0. The predicted octanol–water partition coefficient (Wildman–Crippen LogP) is 4.63. The van der Waals surface area contributed by atoms with Crippen molar-refractivity contribution in [1.82, 2.24) is 0 Å². The molecule has 0 aliphatic carbocycles. The first-order valence-corrected chi connectivity index (χ1v) is 9.91. The number of carbonyl (C=O) groups excluding carboxylic acids is 1. The Morgan fingerprint density at radius 2 is 1.90 bits per heavy atom. The normalized spacial score (nSPS) is 16.9. The van der Waals surface area contributed by atoms with Crippen LogP contribution in [0.15, 0.2) is 63.7 Å². The summed E-state index contributed by atoms with van der Waals surface area (Å²) in [5, 5.41) is 15.9. The minimum atomic E-state index is -1.08. The lowest BCUT2D eigenvalue weighted by atomic mass is 9.93. The number of carbonyl (C=O) groups is 2. The highest BCUT2D eigenvalue weighted by Crippen LogP contribution is 2.29. The number of anilines is 1. The summed E-state index contributed by atoms with van der Waals surface area (Å²) in [6, 6.07) is 14.0. The van der Waals surface area contributed by atoms with Crippen LogP contribution in [0.5, 0.6) is 0 Å². The lowest BCUT2D eigenvalue weighted by molar-refractivity contribution is -0.132. The van der Waals surface area contributed by atoms with Crippen molar-refractivity contribution in [2.24, 2.45) is 11.0 Å². The maximum atomic E-state index is 13.0. The summed E-state index contributed by atoms with van der Waals surface area (Å²) < 4.78 is 6.07. The molecule has 1 heterocycles. The zero-order valence-corrected chi connectivity index (χ0v) is 17.9. The Bertz CT molecular complexity index is 971. The fourth-order valence-corrected chi connectivity index (χ4v) is 3.37. The molecule has 0 saturated heterocycles. The van der Waals surface area contributed by atoms with Crippen molar-refractivity contribution >= 4 is 56.9 Å². The van der Waals surface area contributed by atoms with Gasteiger partial charge in [-0.2, -0.15) is 5.10 Å². The van der Waals surface area contributed by atoms with Crippen LogP contribution in [0.25, 0.3) is 6.08 Å². The number of methoxy groups -OCH3 is 1. The highest BCUT2D eigenvalue weighted by atomic mass is 79.9. The number of hydrazone groups is 1. The van der Waals surface area contributed by atoms with Crippen molar-refractivity contribution in [3.63, 3.8) is 0 Å². The van der Waals surface area contributed by atoms with Crippen molar-refractivity contribution in [3.05, 3.63) is 69.2 Å². The molecule has 0 bridgehead atoms. The second kappa shape index (κ2) is 9.35. The molecule has 1 aliphatic rings. The third-order valence-corrected chi connectivity index (χ3v) is 5.19. The molecule has 1 unspecified atom stereocenters. The number of rotatable bonds is 7. The Morgan fingerprint density at radius 1 is 1.24 bits per heavy atom. The van der Waals surface area contributed by atoms with Gasteiger partial charge in [-0.3, -0.25) is 4.79 Å². The van der Waals surface area contributed by atoms with E-state index in [-0.39, 0.29) is 24.5 Å². The highest BCUT2D eigenvalue weighted by Gasteiger charge is 2.37. The molecule has 8 heteroatoms. The number of hydrogen-bond acceptors (Lipinski definition) is 4. The monoisotopic (exact) mass is 476 g/mol. The third kappa shape index (κ3) is 5.12. The molecule has 0 radical (unpaired) electrons. The highest BCUT2D eigenvalue weighted by molar-refractivity contribution is 9.10. The number of benzene rings is 2. The van der Waals surface area contributed by atoms with Gasteiger partial charge in [-0.25, -0.2) is 9.80 Å². The van der Waals surface area contributed by atoms with E-state index >= 15 is 0 Å². The molecule has 0 fully saturated rings.